The Balaban J connectivity index is 0.000000217. The molecule has 0 unspecified atom stereocenters. The molecule has 0 bridgehead atoms. The van der Waals surface area contributed by atoms with Crippen molar-refractivity contribution in [3.63, 3.8) is 0 Å². The van der Waals surface area contributed by atoms with Crippen LogP contribution < -0.4 is 19.9 Å². The first-order chi connectivity index (χ1) is 27.7. The first-order valence-corrected chi connectivity index (χ1v) is 21.0. The average Bonchev–Trinajstić information content (AvgIpc) is 3.12. The van der Waals surface area contributed by atoms with Gasteiger partial charge in [-0.05, 0) is 72.8 Å². The van der Waals surface area contributed by atoms with Crippen LogP contribution in [0.3, 0.4) is 0 Å². The zero-order chi connectivity index (χ0) is 43.7. The number of nitriles is 2. The molecular formula is C38H21Cl5F4N4O6S2. The molecule has 304 valence electrons. The molecule has 0 radical (unpaired) electrons. The third-order valence-electron chi connectivity index (χ3n) is 6.96. The molecule has 6 rings (SSSR count). The molecule has 0 heterocycles. The maximum atomic E-state index is 13.4. The van der Waals surface area contributed by atoms with Crippen molar-refractivity contribution in [1.82, 2.24) is 0 Å². The number of nitrogen functional groups attached to an aromatic ring is 1. The van der Waals surface area contributed by atoms with Crippen LogP contribution in [-0.2, 0) is 19.1 Å². The van der Waals surface area contributed by atoms with E-state index in [1.807, 2.05) is 12.1 Å². The summed E-state index contributed by atoms with van der Waals surface area (Å²) in [6.45, 7) is 0. The minimum atomic E-state index is -4.20. The van der Waals surface area contributed by atoms with Crippen molar-refractivity contribution in [2.75, 3.05) is 10.5 Å². The summed E-state index contributed by atoms with van der Waals surface area (Å²) in [5.41, 5.74) is 6.26. The lowest BCUT2D eigenvalue weighted by molar-refractivity contribution is 0.469. The molecule has 6 aromatic carbocycles. The molecule has 6 aromatic rings. The first-order valence-electron chi connectivity index (χ1n) is 15.7. The normalized spacial score (nSPS) is 10.8. The van der Waals surface area contributed by atoms with Crippen LogP contribution in [0.5, 0.6) is 23.0 Å². The quantitative estimate of drug-likeness (QED) is 0.0855. The van der Waals surface area contributed by atoms with E-state index >= 15 is 0 Å². The van der Waals surface area contributed by atoms with Crippen LogP contribution in [0.4, 0.5) is 28.9 Å². The highest BCUT2D eigenvalue weighted by Gasteiger charge is 2.21. The third-order valence-corrected chi connectivity index (χ3v) is 11.1. The monoisotopic (exact) mass is 944 g/mol. The number of sulfonamides is 1. The SMILES string of the molecule is N#Cc1ccc(Oc2cc(F)cc(F)c2)c(N)c1.N#Cc1ccc(Oc2cc(F)cc(F)c2)c(NS(=O)(=O)c2ccc(Cl)cc2Cl)c1.O=S(=O)(Cl)c1ccc(Cl)cc1Cl. The zero-order valence-corrected chi connectivity index (χ0v) is 34.4. The lowest BCUT2D eigenvalue weighted by atomic mass is 10.2. The maximum Gasteiger partial charge on any atom is 0.263 e. The van der Waals surface area contributed by atoms with Crippen LogP contribution in [0.25, 0.3) is 0 Å². The Labute approximate surface area is 358 Å². The number of anilines is 2. The summed E-state index contributed by atoms with van der Waals surface area (Å²) < 4.78 is 113. The number of nitrogens with zero attached hydrogens (tertiary/aromatic N) is 2. The van der Waals surface area contributed by atoms with Gasteiger partial charge in [-0.2, -0.15) is 10.5 Å². The maximum absolute atomic E-state index is 13.4. The number of rotatable bonds is 8. The van der Waals surface area contributed by atoms with Gasteiger partial charge < -0.3 is 15.2 Å². The molecule has 0 atom stereocenters. The molecule has 59 heavy (non-hydrogen) atoms. The molecule has 0 fully saturated rings. The predicted molar refractivity (Wildman–Crippen MR) is 216 cm³/mol. The molecule has 0 aliphatic heterocycles. The molecule has 21 heteroatoms. The minimum Gasteiger partial charge on any atom is -0.455 e. The van der Waals surface area contributed by atoms with Crippen LogP contribution in [0.2, 0.25) is 20.1 Å². The van der Waals surface area contributed by atoms with E-state index in [4.69, 9.17) is 82.8 Å². The molecule has 0 saturated carbocycles. The van der Waals surface area contributed by atoms with Gasteiger partial charge in [0.2, 0.25) is 0 Å². The summed E-state index contributed by atoms with van der Waals surface area (Å²) in [7, 11) is -2.90. The number of ether oxygens (including phenoxy) is 2. The van der Waals surface area contributed by atoms with E-state index < -0.39 is 42.3 Å². The van der Waals surface area contributed by atoms with Crippen LogP contribution in [0.1, 0.15) is 11.1 Å². The molecule has 0 aromatic heterocycles. The highest BCUT2D eigenvalue weighted by atomic mass is 35.7. The van der Waals surface area contributed by atoms with Crippen LogP contribution in [0, 0.1) is 45.9 Å². The topological polar surface area (TPSA) is 172 Å². The van der Waals surface area contributed by atoms with E-state index in [-0.39, 0.29) is 64.8 Å². The third kappa shape index (κ3) is 13.6. The van der Waals surface area contributed by atoms with Gasteiger partial charge in [0.15, 0.2) is 5.75 Å². The number of hydrogen-bond donors (Lipinski definition) is 2. The van der Waals surface area contributed by atoms with Gasteiger partial charge in [-0.15, -0.1) is 0 Å². The fourth-order valence-corrected chi connectivity index (χ4v) is 8.07. The van der Waals surface area contributed by atoms with Gasteiger partial charge in [0, 0.05) is 57.1 Å². The van der Waals surface area contributed by atoms with E-state index in [1.54, 1.807) is 0 Å². The standard InChI is InChI=1S/C19H10Cl2F2N2O3S.C13H8F2N2O.C6H3Cl3O2S/c20-12-2-4-19(16(21)6-12)29(26,27)25-17-5-11(10-24)1-3-18(17)28-15-8-13(22)7-14(23)9-15;14-9-4-10(15)6-11(5-9)18-13-2-1-8(7-16)3-12(13)17;7-4-1-2-6(5(8)3-4)12(9,10)11/h1-9,25H;1-6H,17H2;1-3H. The molecule has 0 saturated heterocycles. The number of halogens is 9. The van der Waals surface area contributed by atoms with Crippen molar-refractivity contribution in [1.29, 1.82) is 10.5 Å². The largest absolute Gasteiger partial charge is 0.455 e. The number of hydrogen-bond acceptors (Lipinski definition) is 9. The summed E-state index contributed by atoms with van der Waals surface area (Å²) >= 11 is 22.9. The van der Waals surface area contributed by atoms with Gasteiger partial charge in [0.25, 0.3) is 19.1 Å². The summed E-state index contributed by atoms with van der Waals surface area (Å²) in [5.74, 6) is -3.26. The van der Waals surface area contributed by atoms with E-state index in [0.717, 1.165) is 30.3 Å². The Hall–Kier alpha value is -5.43. The molecule has 10 nitrogen and oxygen atoms in total. The summed E-state index contributed by atoms with van der Waals surface area (Å²) in [6, 6.07) is 25.2. The van der Waals surface area contributed by atoms with E-state index in [9.17, 15) is 34.4 Å². The van der Waals surface area contributed by atoms with Gasteiger partial charge in [-0.1, -0.05) is 46.4 Å². The Kier molecular flexibility index (Phi) is 15.7. The highest BCUT2D eigenvalue weighted by molar-refractivity contribution is 8.13. The van der Waals surface area contributed by atoms with Gasteiger partial charge >= 0.3 is 0 Å². The van der Waals surface area contributed by atoms with Crippen molar-refractivity contribution >= 4 is 87.5 Å². The fraction of sp³-hybridized carbons (Fsp3) is 0. The lowest BCUT2D eigenvalue weighted by Gasteiger charge is -2.15. The zero-order valence-electron chi connectivity index (χ0n) is 29.0. The molecular weight excluding hydrogens is 926 g/mol. The minimum absolute atomic E-state index is 0.00362. The van der Waals surface area contributed by atoms with Gasteiger partial charge in [0.05, 0.1) is 44.7 Å². The van der Waals surface area contributed by atoms with Crippen molar-refractivity contribution in [3.05, 3.63) is 164 Å². The molecule has 0 amide bonds. The summed E-state index contributed by atoms with van der Waals surface area (Å²) in [4.78, 5) is -0.385. The Morgan fingerprint density at radius 2 is 0.983 bits per heavy atom. The molecule has 0 aliphatic carbocycles. The second-order valence-electron chi connectivity index (χ2n) is 11.3. The number of benzene rings is 6. The Morgan fingerprint density at radius 1 is 0.559 bits per heavy atom. The molecule has 0 aliphatic rings. The first kappa shape index (κ1) is 46.3. The van der Waals surface area contributed by atoms with Crippen LogP contribution in [-0.4, -0.2) is 16.8 Å². The highest BCUT2D eigenvalue weighted by Crippen LogP contribution is 2.35. The van der Waals surface area contributed by atoms with Crippen LogP contribution >= 0.6 is 57.1 Å². The molecule has 3 N–H and O–H groups in total. The Morgan fingerprint density at radius 3 is 1.41 bits per heavy atom. The smallest absolute Gasteiger partial charge is 0.263 e. The van der Waals surface area contributed by atoms with Crippen molar-refractivity contribution in [3.8, 4) is 35.1 Å². The summed E-state index contributed by atoms with van der Waals surface area (Å²) in [6.07, 6.45) is 0. The van der Waals surface area contributed by atoms with Crippen molar-refractivity contribution in [2.24, 2.45) is 0 Å². The van der Waals surface area contributed by atoms with E-state index in [1.165, 1.54) is 72.8 Å². The van der Waals surface area contributed by atoms with E-state index in [0.29, 0.717) is 16.7 Å². The Bertz CT molecular complexity index is 2820. The van der Waals surface area contributed by atoms with Crippen LogP contribution in [0.15, 0.2) is 119 Å². The number of nitrogens with one attached hydrogen (secondary N) is 1. The van der Waals surface area contributed by atoms with Gasteiger partial charge in [-0.3, -0.25) is 4.72 Å². The predicted octanol–water partition coefficient (Wildman–Crippen LogP) is 11.9. The van der Waals surface area contributed by atoms with Gasteiger partial charge in [0.1, 0.15) is 50.3 Å². The van der Waals surface area contributed by atoms with Crippen molar-refractivity contribution < 1.29 is 43.9 Å². The van der Waals surface area contributed by atoms with E-state index in [2.05, 4.69) is 4.72 Å². The fourth-order valence-electron chi connectivity index (χ4n) is 4.47. The number of nitrogens with two attached hydrogens (primary N) is 1. The second kappa shape index (κ2) is 20.0. The lowest BCUT2D eigenvalue weighted by Crippen LogP contribution is -2.14. The average molecular weight is 947 g/mol. The van der Waals surface area contributed by atoms with Crippen molar-refractivity contribution in [2.45, 2.75) is 9.79 Å². The second-order valence-corrected chi connectivity index (χ2v) is 17.2. The molecule has 0 spiro atoms. The van der Waals surface area contributed by atoms with Gasteiger partial charge in [-0.25, -0.2) is 34.4 Å². The summed E-state index contributed by atoms with van der Waals surface area (Å²) in [5, 5.41) is 18.3.